The molecule has 2 heterocycles. The quantitative estimate of drug-likeness (QED) is 0.658. The minimum absolute atomic E-state index is 0.187. The molecule has 0 atom stereocenters. The van der Waals surface area contributed by atoms with Crippen molar-refractivity contribution in [1.82, 2.24) is 9.55 Å². The molecule has 8 heteroatoms. The summed E-state index contributed by atoms with van der Waals surface area (Å²) in [5, 5.41) is 3.12. The van der Waals surface area contributed by atoms with E-state index in [1.165, 1.54) is 4.57 Å². The van der Waals surface area contributed by atoms with Gasteiger partial charge in [0.25, 0.3) is 5.56 Å². The second kappa shape index (κ2) is 8.14. The standard InChI is InChI=1S/C21H21N3O5/c1-26-16-5-3-14(11-18(16)27-2)7-8-22-20-21(25)24(10-9-23-20)15-4-6-17-19(12-15)29-13-28-17/h3-6,9-12H,7-8,13H2,1-2H3,(H,22,23). The molecular weight excluding hydrogens is 374 g/mol. The van der Waals surface area contributed by atoms with Crippen molar-refractivity contribution in [2.75, 3.05) is 32.9 Å². The molecule has 1 N–H and O–H groups in total. The highest BCUT2D eigenvalue weighted by Gasteiger charge is 2.15. The van der Waals surface area contributed by atoms with Crippen LogP contribution in [0.5, 0.6) is 23.0 Å². The van der Waals surface area contributed by atoms with Crippen LogP contribution in [0.4, 0.5) is 5.82 Å². The monoisotopic (exact) mass is 395 g/mol. The van der Waals surface area contributed by atoms with Crippen LogP contribution in [-0.4, -0.2) is 37.1 Å². The number of hydrogen-bond donors (Lipinski definition) is 1. The van der Waals surface area contributed by atoms with Gasteiger partial charge in [0.05, 0.1) is 19.9 Å². The minimum Gasteiger partial charge on any atom is -0.493 e. The summed E-state index contributed by atoms with van der Waals surface area (Å²) >= 11 is 0. The molecule has 0 radical (unpaired) electrons. The maximum atomic E-state index is 12.8. The van der Waals surface area contributed by atoms with E-state index in [1.54, 1.807) is 38.7 Å². The Bertz CT molecular complexity index is 1080. The molecule has 0 amide bonds. The second-order valence-corrected chi connectivity index (χ2v) is 6.35. The van der Waals surface area contributed by atoms with Crippen molar-refractivity contribution in [3.05, 3.63) is 64.7 Å². The highest BCUT2D eigenvalue weighted by atomic mass is 16.7. The smallest absolute Gasteiger partial charge is 0.297 e. The van der Waals surface area contributed by atoms with Gasteiger partial charge in [-0.25, -0.2) is 4.98 Å². The Hall–Kier alpha value is -3.68. The van der Waals surface area contributed by atoms with E-state index in [2.05, 4.69) is 10.3 Å². The molecule has 0 fully saturated rings. The second-order valence-electron chi connectivity index (χ2n) is 6.35. The van der Waals surface area contributed by atoms with E-state index in [9.17, 15) is 4.79 Å². The molecule has 0 saturated carbocycles. The zero-order valence-electron chi connectivity index (χ0n) is 16.2. The fraction of sp³-hybridized carbons (Fsp3) is 0.238. The van der Waals surface area contributed by atoms with Gasteiger partial charge >= 0.3 is 0 Å². The Labute approximate surface area is 167 Å². The van der Waals surface area contributed by atoms with Crippen LogP contribution in [0.25, 0.3) is 5.69 Å². The van der Waals surface area contributed by atoms with Gasteiger partial charge in [0.2, 0.25) is 6.79 Å². The summed E-state index contributed by atoms with van der Waals surface area (Å²) in [6.07, 6.45) is 3.91. The van der Waals surface area contributed by atoms with Crippen LogP contribution in [0, 0.1) is 0 Å². The molecule has 0 saturated heterocycles. The van der Waals surface area contributed by atoms with Crippen molar-refractivity contribution in [3.8, 4) is 28.7 Å². The number of anilines is 1. The maximum Gasteiger partial charge on any atom is 0.297 e. The minimum atomic E-state index is -0.237. The van der Waals surface area contributed by atoms with E-state index < -0.39 is 0 Å². The number of nitrogens with one attached hydrogen (secondary N) is 1. The van der Waals surface area contributed by atoms with E-state index >= 15 is 0 Å². The summed E-state index contributed by atoms with van der Waals surface area (Å²) in [6.45, 7) is 0.732. The van der Waals surface area contributed by atoms with Crippen molar-refractivity contribution >= 4 is 5.82 Å². The van der Waals surface area contributed by atoms with Crippen molar-refractivity contribution in [3.63, 3.8) is 0 Å². The molecule has 4 rings (SSSR count). The van der Waals surface area contributed by atoms with Gasteiger partial charge in [-0.2, -0.15) is 0 Å². The number of methoxy groups -OCH3 is 2. The van der Waals surface area contributed by atoms with Gasteiger partial charge in [0.1, 0.15) is 0 Å². The first kappa shape index (κ1) is 18.7. The van der Waals surface area contributed by atoms with Crippen LogP contribution in [0.15, 0.2) is 53.6 Å². The Morgan fingerprint density at radius 3 is 2.72 bits per heavy atom. The van der Waals surface area contributed by atoms with Gasteiger partial charge in [-0.15, -0.1) is 0 Å². The van der Waals surface area contributed by atoms with Crippen molar-refractivity contribution in [2.24, 2.45) is 0 Å². The number of fused-ring (bicyclic) bond motifs is 1. The van der Waals surface area contributed by atoms with Crippen molar-refractivity contribution < 1.29 is 18.9 Å². The van der Waals surface area contributed by atoms with Crippen LogP contribution in [0.2, 0.25) is 0 Å². The van der Waals surface area contributed by atoms with Crippen LogP contribution in [0.3, 0.4) is 0 Å². The summed E-state index contributed by atoms with van der Waals surface area (Å²) in [5.74, 6) is 2.93. The first-order valence-corrected chi connectivity index (χ1v) is 9.12. The van der Waals surface area contributed by atoms with Crippen LogP contribution in [-0.2, 0) is 6.42 Å². The average molecular weight is 395 g/mol. The molecule has 29 heavy (non-hydrogen) atoms. The SMILES string of the molecule is COc1ccc(CCNc2nccn(-c3ccc4c(c3)OCO4)c2=O)cc1OC. The molecule has 0 aliphatic carbocycles. The molecule has 8 nitrogen and oxygen atoms in total. The molecule has 0 bridgehead atoms. The molecule has 1 aliphatic heterocycles. The predicted octanol–water partition coefficient (Wildman–Crippen LogP) is 2.63. The largest absolute Gasteiger partial charge is 0.493 e. The molecule has 150 valence electrons. The molecule has 1 aromatic heterocycles. The fourth-order valence-electron chi connectivity index (χ4n) is 3.13. The lowest BCUT2D eigenvalue weighted by molar-refractivity contribution is 0.174. The Morgan fingerprint density at radius 1 is 1.07 bits per heavy atom. The summed E-state index contributed by atoms with van der Waals surface area (Å²) in [7, 11) is 3.21. The first-order chi connectivity index (χ1) is 14.2. The van der Waals surface area contributed by atoms with E-state index in [1.807, 2.05) is 24.3 Å². The zero-order valence-corrected chi connectivity index (χ0v) is 16.2. The number of ether oxygens (including phenoxy) is 4. The lowest BCUT2D eigenvalue weighted by Crippen LogP contribution is -2.24. The highest BCUT2D eigenvalue weighted by Crippen LogP contribution is 2.33. The number of hydrogen-bond acceptors (Lipinski definition) is 7. The van der Waals surface area contributed by atoms with E-state index in [0.717, 1.165) is 5.56 Å². The fourth-order valence-corrected chi connectivity index (χ4v) is 3.13. The lowest BCUT2D eigenvalue weighted by Gasteiger charge is -2.11. The highest BCUT2D eigenvalue weighted by molar-refractivity contribution is 5.51. The molecular formula is C21H21N3O5. The summed E-state index contributed by atoms with van der Waals surface area (Å²) < 4.78 is 22.8. The Morgan fingerprint density at radius 2 is 1.90 bits per heavy atom. The van der Waals surface area contributed by atoms with Crippen molar-refractivity contribution in [2.45, 2.75) is 6.42 Å². The van der Waals surface area contributed by atoms with E-state index in [4.69, 9.17) is 18.9 Å². The summed E-state index contributed by atoms with van der Waals surface area (Å²) in [6, 6.07) is 11.1. The van der Waals surface area contributed by atoms with Gasteiger partial charge in [-0.05, 0) is 36.2 Å². The number of nitrogens with zero attached hydrogens (tertiary/aromatic N) is 2. The third-order valence-electron chi connectivity index (χ3n) is 4.63. The number of benzene rings is 2. The third-order valence-corrected chi connectivity index (χ3v) is 4.63. The average Bonchev–Trinajstić information content (AvgIpc) is 3.22. The molecule has 0 spiro atoms. The Balaban J connectivity index is 1.48. The van der Waals surface area contributed by atoms with E-state index in [-0.39, 0.29) is 18.2 Å². The normalized spacial score (nSPS) is 11.9. The van der Waals surface area contributed by atoms with Gasteiger partial charge in [0.15, 0.2) is 28.8 Å². The molecule has 1 aliphatic rings. The van der Waals surface area contributed by atoms with Crippen LogP contribution in [0.1, 0.15) is 5.56 Å². The van der Waals surface area contributed by atoms with Gasteiger partial charge in [-0.3, -0.25) is 9.36 Å². The molecule has 3 aromatic rings. The Kier molecular flexibility index (Phi) is 5.24. The van der Waals surface area contributed by atoms with Crippen molar-refractivity contribution in [1.29, 1.82) is 0 Å². The summed E-state index contributed by atoms with van der Waals surface area (Å²) in [5.41, 5.74) is 1.51. The predicted molar refractivity (Wildman–Crippen MR) is 108 cm³/mol. The topological polar surface area (TPSA) is 83.8 Å². The third kappa shape index (κ3) is 3.82. The molecule has 2 aromatic carbocycles. The van der Waals surface area contributed by atoms with Gasteiger partial charge in [0, 0.05) is 25.0 Å². The molecule has 0 unspecified atom stereocenters. The van der Waals surface area contributed by atoms with Gasteiger partial charge < -0.3 is 24.3 Å². The van der Waals surface area contributed by atoms with Gasteiger partial charge in [-0.1, -0.05) is 6.07 Å². The zero-order chi connectivity index (χ0) is 20.2. The summed E-state index contributed by atoms with van der Waals surface area (Å²) in [4.78, 5) is 17.0. The number of aromatic nitrogens is 2. The lowest BCUT2D eigenvalue weighted by atomic mass is 10.1. The first-order valence-electron chi connectivity index (χ1n) is 9.12. The maximum absolute atomic E-state index is 12.8. The number of rotatable bonds is 7. The van der Waals surface area contributed by atoms with Crippen LogP contribution >= 0.6 is 0 Å². The van der Waals surface area contributed by atoms with E-state index in [0.29, 0.717) is 41.7 Å². The van der Waals surface area contributed by atoms with Crippen LogP contribution < -0.4 is 29.8 Å².